The van der Waals surface area contributed by atoms with Crippen molar-refractivity contribution >= 4 is 5.97 Å². The maximum Gasteiger partial charge on any atom is 0.333 e. The number of unbranched alkanes of at least 4 members (excludes halogenated alkanes) is 1. The summed E-state index contributed by atoms with van der Waals surface area (Å²) < 4.78 is 10.2. The molecule has 0 saturated heterocycles. The third-order valence-corrected chi connectivity index (χ3v) is 3.35. The second-order valence-electron chi connectivity index (χ2n) is 5.20. The lowest BCUT2D eigenvalue weighted by molar-refractivity contribution is -0.138. The molecule has 0 amide bonds. The van der Waals surface area contributed by atoms with Crippen LogP contribution in [-0.2, 0) is 9.53 Å². The van der Waals surface area contributed by atoms with E-state index in [2.05, 4.69) is 0 Å². The fourth-order valence-electron chi connectivity index (χ4n) is 2.07. The van der Waals surface area contributed by atoms with Crippen LogP contribution in [0.1, 0.15) is 44.8 Å². The van der Waals surface area contributed by atoms with Crippen LogP contribution in [0, 0.1) is 0 Å². The lowest BCUT2D eigenvalue weighted by atomic mass is 10.0. The van der Waals surface area contributed by atoms with Gasteiger partial charge in [-0.1, -0.05) is 18.2 Å². The molecule has 1 atom stereocenters. The highest BCUT2D eigenvalue weighted by atomic mass is 16.5. The van der Waals surface area contributed by atoms with Gasteiger partial charge in [0.15, 0.2) is 0 Å². The Bertz CT molecular complexity index is 493. The molecule has 0 fully saturated rings. The monoisotopic (exact) mass is 322 g/mol. The Kier molecular flexibility index (Phi) is 9.02. The summed E-state index contributed by atoms with van der Waals surface area (Å²) in [5, 5.41) is 18.8. The predicted octanol–water partition coefficient (Wildman–Crippen LogP) is 2.77. The van der Waals surface area contributed by atoms with Gasteiger partial charge in [-0.25, -0.2) is 4.79 Å². The number of carbonyl (C=O) groups is 1. The fraction of sp³-hybridized carbons (Fsp3) is 0.500. The first-order valence-corrected chi connectivity index (χ1v) is 7.94. The van der Waals surface area contributed by atoms with Crippen molar-refractivity contribution < 1.29 is 24.5 Å². The van der Waals surface area contributed by atoms with Gasteiger partial charge < -0.3 is 19.7 Å². The SMILES string of the molecule is CCOC(=O)/C(C)=C/CCC[C@H](O)c1ccc(OCCO)cc1. The van der Waals surface area contributed by atoms with Crippen molar-refractivity contribution in [3.05, 3.63) is 41.5 Å². The van der Waals surface area contributed by atoms with Crippen molar-refractivity contribution in [3.8, 4) is 5.75 Å². The molecule has 0 bridgehead atoms. The van der Waals surface area contributed by atoms with Gasteiger partial charge in [-0.3, -0.25) is 0 Å². The van der Waals surface area contributed by atoms with E-state index in [1.165, 1.54) is 0 Å². The first-order valence-electron chi connectivity index (χ1n) is 7.94. The molecule has 0 aliphatic heterocycles. The van der Waals surface area contributed by atoms with E-state index in [1.54, 1.807) is 26.0 Å². The average Bonchev–Trinajstić information content (AvgIpc) is 2.57. The molecule has 23 heavy (non-hydrogen) atoms. The Labute approximate surface area is 137 Å². The number of aliphatic hydroxyl groups excluding tert-OH is 2. The van der Waals surface area contributed by atoms with Crippen LogP contribution in [0.3, 0.4) is 0 Å². The largest absolute Gasteiger partial charge is 0.491 e. The van der Waals surface area contributed by atoms with Crippen molar-refractivity contribution in [2.75, 3.05) is 19.8 Å². The molecular weight excluding hydrogens is 296 g/mol. The summed E-state index contributed by atoms with van der Waals surface area (Å²) in [6.07, 6.45) is 3.42. The van der Waals surface area contributed by atoms with Gasteiger partial charge >= 0.3 is 5.97 Å². The molecular formula is C18H26O5. The second kappa shape index (κ2) is 10.8. The predicted molar refractivity (Wildman–Crippen MR) is 88.2 cm³/mol. The van der Waals surface area contributed by atoms with Gasteiger partial charge in [0, 0.05) is 5.57 Å². The van der Waals surface area contributed by atoms with Crippen molar-refractivity contribution in [2.45, 2.75) is 39.2 Å². The highest BCUT2D eigenvalue weighted by Gasteiger charge is 2.08. The van der Waals surface area contributed by atoms with Gasteiger partial charge in [0.05, 0.1) is 19.3 Å². The number of esters is 1. The van der Waals surface area contributed by atoms with Crippen LogP contribution in [0.5, 0.6) is 5.75 Å². The first-order chi connectivity index (χ1) is 11.1. The van der Waals surface area contributed by atoms with Crippen molar-refractivity contribution in [2.24, 2.45) is 0 Å². The molecule has 2 N–H and O–H groups in total. The van der Waals surface area contributed by atoms with E-state index in [0.717, 1.165) is 18.4 Å². The lowest BCUT2D eigenvalue weighted by Crippen LogP contribution is -2.05. The Balaban J connectivity index is 2.37. The van der Waals surface area contributed by atoms with Gasteiger partial charge in [-0.2, -0.15) is 0 Å². The summed E-state index contributed by atoms with van der Waals surface area (Å²) in [5.74, 6) is 0.384. The summed E-state index contributed by atoms with van der Waals surface area (Å²) in [6, 6.07) is 7.19. The van der Waals surface area contributed by atoms with E-state index in [9.17, 15) is 9.90 Å². The van der Waals surface area contributed by atoms with Gasteiger partial charge in [0.2, 0.25) is 0 Å². The molecule has 0 saturated carbocycles. The highest BCUT2D eigenvalue weighted by molar-refractivity contribution is 5.87. The standard InChI is InChI=1S/C18H26O5/c1-3-22-18(21)14(2)6-4-5-7-17(20)15-8-10-16(11-9-15)23-13-12-19/h6,8-11,17,19-20H,3-5,7,12-13H2,1-2H3/b14-6+/t17-/m0/s1. The van der Waals surface area contributed by atoms with Crippen LogP contribution < -0.4 is 4.74 Å². The van der Waals surface area contributed by atoms with Gasteiger partial charge in [0.1, 0.15) is 12.4 Å². The van der Waals surface area contributed by atoms with E-state index in [0.29, 0.717) is 24.4 Å². The number of benzene rings is 1. The zero-order valence-electron chi connectivity index (χ0n) is 13.8. The molecule has 128 valence electrons. The van der Waals surface area contributed by atoms with Crippen LogP contribution >= 0.6 is 0 Å². The van der Waals surface area contributed by atoms with Crippen LogP contribution in [0.4, 0.5) is 0 Å². The zero-order chi connectivity index (χ0) is 17.1. The molecule has 5 nitrogen and oxygen atoms in total. The van der Waals surface area contributed by atoms with Crippen molar-refractivity contribution in [3.63, 3.8) is 0 Å². The maximum absolute atomic E-state index is 11.4. The van der Waals surface area contributed by atoms with Gasteiger partial charge in [0.25, 0.3) is 0 Å². The Morgan fingerprint density at radius 2 is 2.00 bits per heavy atom. The second-order valence-corrected chi connectivity index (χ2v) is 5.20. The maximum atomic E-state index is 11.4. The summed E-state index contributed by atoms with van der Waals surface area (Å²) in [5.41, 5.74) is 1.43. The highest BCUT2D eigenvalue weighted by Crippen LogP contribution is 2.22. The van der Waals surface area contributed by atoms with Crippen molar-refractivity contribution in [1.82, 2.24) is 0 Å². The number of ether oxygens (including phenoxy) is 2. The van der Waals surface area contributed by atoms with E-state index < -0.39 is 6.10 Å². The minimum Gasteiger partial charge on any atom is -0.491 e. The number of rotatable bonds is 10. The van der Waals surface area contributed by atoms with Crippen LogP contribution in [0.15, 0.2) is 35.9 Å². The van der Waals surface area contributed by atoms with E-state index in [1.807, 2.05) is 18.2 Å². The topological polar surface area (TPSA) is 76.0 Å². The number of hydrogen-bond donors (Lipinski definition) is 2. The minimum absolute atomic E-state index is 0.0247. The number of allylic oxidation sites excluding steroid dienone is 1. The van der Waals surface area contributed by atoms with Crippen molar-refractivity contribution in [1.29, 1.82) is 0 Å². The summed E-state index contributed by atoms with van der Waals surface area (Å²) in [7, 11) is 0. The summed E-state index contributed by atoms with van der Waals surface area (Å²) >= 11 is 0. The molecule has 5 heteroatoms. The Hall–Kier alpha value is -1.85. The third kappa shape index (κ3) is 7.30. The molecule has 0 unspecified atom stereocenters. The molecule has 0 aliphatic rings. The Morgan fingerprint density at radius 1 is 1.30 bits per heavy atom. The van der Waals surface area contributed by atoms with Gasteiger partial charge in [-0.05, 0) is 50.8 Å². The van der Waals surface area contributed by atoms with E-state index in [4.69, 9.17) is 14.6 Å². The quantitative estimate of drug-likeness (QED) is 0.393. The van der Waals surface area contributed by atoms with Crippen LogP contribution in [0.25, 0.3) is 0 Å². The number of carbonyl (C=O) groups excluding carboxylic acids is 1. The zero-order valence-corrected chi connectivity index (χ0v) is 13.8. The van der Waals surface area contributed by atoms with E-state index >= 15 is 0 Å². The molecule has 0 aromatic heterocycles. The molecule has 1 aromatic rings. The molecule has 1 aromatic carbocycles. The molecule has 0 radical (unpaired) electrons. The summed E-state index contributed by atoms with van der Waals surface area (Å²) in [6.45, 7) is 4.12. The van der Waals surface area contributed by atoms with Gasteiger partial charge in [-0.15, -0.1) is 0 Å². The summed E-state index contributed by atoms with van der Waals surface area (Å²) in [4.78, 5) is 11.4. The number of hydrogen-bond acceptors (Lipinski definition) is 5. The average molecular weight is 322 g/mol. The Morgan fingerprint density at radius 3 is 2.61 bits per heavy atom. The molecule has 0 heterocycles. The normalized spacial score (nSPS) is 12.8. The third-order valence-electron chi connectivity index (χ3n) is 3.35. The minimum atomic E-state index is -0.543. The lowest BCUT2D eigenvalue weighted by Gasteiger charge is -2.11. The van der Waals surface area contributed by atoms with E-state index in [-0.39, 0.29) is 19.2 Å². The smallest absolute Gasteiger partial charge is 0.333 e. The first kappa shape index (κ1) is 19.2. The number of aliphatic hydroxyl groups is 2. The molecule has 0 aliphatic carbocycles. The fourth-order valence-corrected chi connectivity index (χ4v) is 2.07. The van der Waals surface area contributed by atoms with Crippen LogP contribution in [0.2, 0.25) is 0 Å². The molecule has 1 rings (SSSR count). The van der Waals surface area contributed by atoms with Crippen LogP contribution in [-0.4, -0.2) is 36.0 Å². The molecule has 0 spiro atoms.